The van der Waals surface area contributed by atoms with Crippen LogP contribution in [0.25, 0.3) is 0 Å². The van der Waals surface area contributed by atoms with Gasteiger partial charge in [-0.15, -0.1) is 24.0 Å². The van der Waals surface area contributed by atoms with E-state index in [-0.39, 0.29) is 35.9 Å². The Kier molecular flexibility index (Phi) is 15.6. The van der Waals surface area contributed by atoms with Crippen molar-refractivity contribution in [3.63, 3.8) is 0 Å². The largest absolute Gasteiger partial charge is 0.385 e. The lowest BCUT2D eigenvalue weighted by molar-refractivity contribution is 0.0939. The minimum Gasteiger partial charge on any atom is -0.385 e. The monoisotopic (exact) mass is 519 g/mol. The number of halogens is 1. The van der Waals surface area contributed by atoms with E-state index < -0.39 is 0 Å². The molecule has 1 aromatic carbocycles. The van der Waals surface area contributed by atoms with Crippen LogP contribution < -0.4 is 16.0 Å². The van der Waals surface area contributed by atoms with Gasteiger partial charge in [0.05, 0.1) is 0 Å². The van der Waals surface area contributed by atoms with E-state index in [0.717, 1.165) is 50.6 Å². The van der Waals surface area contributed by atoms with Gasteiger partial charge >= 0.3 is 0 Å². The zero-order valence-corrected chi connectivity index (χ0v) is 20.8. The van der Waals surface area contributed by atoms with Gasteiger partial charge in [0.25, 0.3) is 5.91 Å². The molecule has 0 radical (unpaired) electrons. The molecular formula is C21H38IN5O2. The Hall–Kier alpha value is -1.39. The molecule has 0 saturated heterocycles. The van der Waals surface area contributed by atoms with Gasteiger partial charge in [-0.3, -0.25) is 9.79 Å². The maximum Gasteiger partial charge on any atom is 0.251 e. The molecule has 0 aliphatic rings. The van der Waals surface area contributed by atoms with Crippen LogP contribution in [0.1, 0.15) is 42.6 Å². The number of ether oxygens (including phenoxy) is 1. The number of nitrogens with one attached hydrogen (secondary N) is 3. The minimum absolute atomic E-state index is 0. The van der Waals surface area contributed by atoms with Gasteiger partial charge in [-0.05, 0) is 44.5 Å². The zero-order valence-electron chi connectivity index (χ0n) is 18.5. The van der Waals surface area contributed by atoms with Gasteiger partial charge < -0.3 is 25.6 Å². The van der Waals surface area contributed by atoms with Gasteiger partial charge in [0, 0.05) is 58.5 Å². The Labute approximate surface area is 193 Å². The molecule has 3 N–H and O–H groups in total. The van der Waals surface area contributed by atoms with E-state index in [9.17, 15) is 4.79 Å². The summed E-state index contributed by atoms with van der Waals surface area (Å²) in [4.78, 5) is 18.6. The molecule has 0 heterocycles. The van der Waals surface area contributed by atoms with Crippen LogP contribution in [-0.4, -0.2) is 70.3 Å². The number of rotatable bonds is 12. The lowest BCUT2D eigenvalue weighted by Gasteiger charge is -2.18. The van der Waals surface area contributed by atoms with Crippen LogP contribution in [0.4, 0.5) is 0 Å². The molecule has 1 unspecified atom stereocenters. The van der Waals surface area contributed by atoms with Crippen LogP contribution in [0.2, 0.25) is 0 Å². The highest BCUT2D eigenvalue weighted by atomic mass is 127. The molecule has 8 heteroatoms. The molecule has 0 aromatic heterocycles. The second-order valence-corrected chi connectivity index (χ2v) is 6.98. The third kappa shape index (κ3) is 12.0. The summed E-state index contributed by atoms with van der Waals surface area (Å²) in [6.45, 7) is 8.27. The summed E-state index contributed by atoms with van der Waals surface area (Å²) >= 11 is 0. The maximum absolute atomic E-state index is 12.1. The highest BCUT2D eigenvalue weighted by Gasteiger charge is 2.08. The van der Waals surface area contributed by atoms with Crippen LogP contribution in [0.5, 0.6) is 0 Å². The van der Waals surface area contributed by atoms with Crippen molar-refractivity contribution in [2.24, 2.45) is 4.99 Å². The van der Waals surface area contributed by atoms with Crippen LogP contribution in [0.15, 0.2) is 29.3 Å². The van der Waals surface area contributed by atoms with E-state index in [4.69, 9.17) is 4.74 Å². The Morgan fingerprint density at radius 1 is 1.21 bits per heavy atom. The molecule has 0 fully saturated rings. The molecular weight excluding hydrogens is 481 g/mol. The van der Waals surface area contributed by atoms with Gasteiger partial charge in [0.15, 0.2) is 5.96 Å². The summed E-state index contributed by atoms with van der Waals surface area (Å²) in [6, 6.07) is 7.84. The van der Waals surface area contributed by atoms with Crippen molar-refractivity contribution in [2.45, 2.75) is 39.3 Å². The molecule has 166 valence electrons. The van der Waals surface area contributed by atoms with E-state index in [2.05, 4.69) is 39.8 Å². The summed E-state index contributed by atoms with van der Waals surface area (Å²) in [5.74, 6) is 0.741. The molecule has 1 amide bonds. The number of carbonyl (C=O) groups excluding carboxylic acids is 1. The molecule has 1 atom stereocenters. The Balaban J connectivity index is 0.00000784. The van der Waals surface area contributed by atoms with Crippen molar-refractivity contribution in [1.82, 2.24) is 20.9 Å². The van der Waals surface area contributed by atoms with E-state index in [0.29, 0.717) is 12.1 Å². The average Bonchev–Trinajstić information content (AvgIpc) is 2.70. The Morgan fingerprint density at radius 3 is 2.48 bits per heavy atom. The van der Waals surface area contributed by atoms with Gasteiger partial charge in [-0.25, -0.2) is 0 Å². The first-order valence-corrected chi connectivity index (χ1v) is 10.0. The molecule has 0 saturated carbocycles. The van der Waals surface area contributed by atoms with Crippen molar-refractivity contribution in [3.8, 4) is 0 Å². The van der Waals surface area contributed by atoms with Gasteiger partial charge in [-0.1, -0.05) is 19.1 Å². The van der Waals surface area contributed by atoms with E-state index in [1.807, 2.05) is 31.2 Å². The number of hydrogen-bond acceptors (Lipinski definition) is 4. The Morgan fingerprint density at radius 2 is 1.90 bits per heavy atom. The van der Waals surface area contributed by atoms with E-state index in [1.54, 1.807) is 14.2 Å². The second-order valence-electron chi connectivity index (χ2n) is 6.98. The fourth-order valence-electron chi connectivity index (χ4n) is 2.55. The number of hydrogen-bond donors (Lipinski definition) is 3. The molecule has 1 rings (SSSR count). The molecule has 29 heavy (non-hydrogen) atoms. The first-order chi connectivity index (χ1) is 13.5. The van der Waals surface area contributed by atoms with Crippen LogP contribution >= 0.6 is 24.0 Å². The maximum atomic E-state index is 12.1. The smallest absolute Gasteiger partial charge is 0.251 e. The summed E-state index contributed by atoms with van der Waals surface area (Å²) in [5, 5.41) is 9.60. The molecule has 7 nitrogen and oxygen atoms in total. The predicted octanol–water partition coefficient (Wildman–Crippen LogP) is 2.47. The molecule has 0 aliphatic heterocycles. The Bertz CT molecular complexity index is 595. The third-order valence-corrected chi connectivity index (χ3v) is 4.56. The highest BCUT2D eigenvalue weighted by Crippen LogP contribution is 2.05. The van der Waals surface area contributed by atoms with Crippen LogP contribution in [0.3, 0.4) is 0 Å². The number of guanidine groups is 1. The lowest BCUT2D eigenvalue weighted by Crippen LogP contribution is -2.40. The number of methoxy groups -OCH3 is 1. The standard InChI is InChI=1S/C21H37N5O2.HI/c1-6-17(2)25-20(27)19-10-8-18(9-11-19)16-24-21(22-3)23-12-14-26(4)13-7-15-28-5;/h8-11,17H,6-7,12-16H2,1-5H3,(H,25,27)(H2,22,23,24);1H. The third-order valence-electron chi connectivity index (χ3n) is 4.56. The van der Waals surface area contributed by atoms with Crippen molar-refractivity contribution >= 4 is 35.8 Å². The van der Waals surface area contributed by atoms with Crippen molar-refractivity contribution in [3.05, 3.63) is 35.4 Å². The summed E-state index contributed by atoms with van der Waals surface area (Å²) in [7, 11) is 5.60. The topological polar surface area (TPSA) is 78.0 Å². The van der Waals surface area contributed by atoms with Gasteiger partial charge in [0.2, 0.25) is 0 Å². The molecule has 0 bridgehead atoms. The summed E-state index contributed by atoms with van der Waals surface area (Å²) in [6.07, 6.45) is 1.95. The average molecular weight is 519 g/mol. The normalized spacial score (nSPS) is 12.3. The first kappa shape index (κ1) is 27.6. The molecule has 0 aliphatic carbocycles. The van der Waals surface area contributed by atoms with Crippen LogP contribution in [0, 0.1) is 0 Å². The van der Waals surface area contributed by atoms with Crippen molar-refractivity contribution in [1.29, 1.82) is 0 Å². The highest BCUT2D eigenvalue weighted by molar-refractivity contribution is 14.0. The number of likely N-dealkylation sites (N-methyl/N-ethyl adjacent to an activating group) is 1. The number of amides is 1. The lowest BCUT2D eigenvalue weighted by atomic mass is 10.1. The minimum atomic E-state index is -0.0269. The predicted molar refractivity (Wildman–Crippen MR) is 131 cm³/mol. The summed E-state index contributed by atoms with van der Waals surface area (Å²) < 4.78 is 5.08. The van der Waals surface area contributed by atoms with E-state index in [1.165, 1.54) is 0 Å². The summed E-state index contributed by atoms with van der Waals surface area (Å²) in [5.41, 5.74) is 1.78. The zero-order chi connectivity index (χ0) is 20.8. The first-order valence-electron chi connectivity index (χ1n) is 10.0. The quantitative estimate of drug-likeness (QED) is 0.171. The number of nitrogens with zero attached hydrogens (tertiary/aromatic N) is 2. The van der Waals surface area contributed by atoms with Gasteiger partial charge in [0.1, 0.15) is 0 Å². The fraction of sp³-hybridized carbons (Fsp3) is 0.619. The number of benzene rings is 1. The van der Waals surface area contributed by atoms with Crippen molar-refractivity contribution < 1.29 is 9.53 Å². The van der Waals surface area contributed by atoms with Crippen molar-refractivity contribution in [2.75, 3.05) is 47.4 Å². The number of carbonyl (C=O) groups is 1. The van der Waals surface area contributed by atoms with Crippen LogP contribution in [-0.2, 0) is 11.3 Å². The SMILES string of the molecule is CCC(C)NC(=O)c1ccc(CNC(=NC)NCCN(C)CCCOC)cc1.I. The van der Waals surface area contributed by atoms with E-state index >= 15 is 0 Å². The second kappa shape index (κ2) is 16.4. The van der Waals surface area contributed by atoms with Gasteiger partial charge in [-0.2, -0.15) is 0 Å². The fourth-order valence-corrected chi connectivity index (χ4v) is 2.55. The molecule has 0 spiro atoms. The number of aliphatic imine (C=N–C) groups is 1. The molecule has 1 aromatic rings.